The number of rotatable bonds is 11. The zero-order valence-corrected chi connectivity index (χ0v) is 24.2. The summed E-state index contributed by atoms with van der Waals surface area (Å²) in [6, 6.07) is 30.0. The van der Waals surface area contributed by atoms with Gasteiger partial charge in [0.25, 0.3) is 23.6 Å². The number of amides is 4. The summed E-state index contributed by atoms with van der Waals surface area (Å²) in [4.78, 5) is 53.7. The number of nitrogens with one attached hydrogen (secondary N) is 2. The summed E-state index contributed by atoms with van der Waals surface area (Å²) in [7, 11) is 1.57. The third-order valence-electron chi connectivity index (χ3n) is 6.72. The van der Waals surface area contributed by atoms with Crippen LogP contribution in [0.2, 0.25) is 0 Å². The molecule has 1 aliphatic rings. The monoisotopic (exact) mass is 591 g/mol. The molecule has 0 saturated heterocycles. The van der Waals surface area contributed by atoms with E-state index in [4.69, 9.17) is 4.74 Å². The molecule has 1 heterocycles. The molecule has 0 aliphatic carbocycles. The maximum Gasteiger partial charge on any atom is 0.272 e. The lowest BCUT2D eigenvalue weighted by atomic mass is 10.1. The predicted molar refractivity (Wildman–Crippen MR) is 167 cm³/mol. The number of ether oxygens (including phenoxy) is 1. The van der Waals surface area contributed by atoms with Gasteiger partial charge in [-0.05, 0) is 78.4 Å². The van der Waals surface area contributed by atoms with Gasteiger partial charge in [0.2, 0.25) is 0 Å². The van der Waals surface area contributed by atoms with Crippen LogP contribution < -0.4 is 15.4 Å². The number of carbonyl (C=O) groups is 4. The van der Waals surface area contributed by atoms with Crippen LogP contribution in [0.5, 0.6) is 5.75 Å². The van der Waals surface area contributed by atoms with Gasteiger partial charge in [-0.25, -0.2) is 0 Å². The molecule has 0 saturated carbocycles. The lowest BCUT2D eigenvalue weighted by molar-refractivity contribution is -0.113. The van der Waals surface area contributed by atoms with Crippen LogP contribution in [0.4, 0.5) is 5.69 Å². The highest BCUT2D eigenvalue weighted by Gasteiger charge is 2.34. The van der Waals surface area contributed by atoms with Crippen LogP contribution in [0.25, 0.3) is 6.08 Å². The molecule has 1 aliphatic heterocycles. The number of methoxy groups -OCH3 is 1. The number of benzene rings is 4. The number of hydrogen-bond donors (Lipinski definition) is 2. The van der Waals surface area contributed by atoms with Gasteiger partial charge in [-0.2, -0.15) is 0 Å². The topological polar surface area (TPSA) is 105 Å². The van der Waals surface area contributed by atoms with Gasteiger partial charge in [-0.3, -0.25) is 24.1 Å². The molecule has 0 radical (unpaired) electrons. The fraction of sp³-hybridized carbons (Fsp3) is 0.118. The Bertz CT molecular complexity index is 1650. The molecule has 5 rings (SSSR count). The fourth-order valence-electron chi connectivity index (χ4n) is 4.53. The Balaban J connectivity index is 1.22. The standard InChI is InChI=1S/C34H29N3O5S/c1-42-26-17-15-23(16-18-26)21-30(36-31(38)24-9-3-2-4-10-24)32(39)35-25-11-7-12-27(22-25)43-20-8-19-37-33(40)28-13-5-6-14-29(28)34(37)41/h2-7,9-18,21-22H,8,19-20H2,1H3,(H,35,39)(H,36,38)/b30-21+. The third-order valence-corrected chi connectivity index (χ3v) is 7.80. The first-order chi connectivity index (χ1) is 20.9. The summed E-state index contributed by atoms with van der Waals surface area (Å²) >= 11 is 1.56. The van der Waals surface area contributed by atoms with E-state index in [0.717, 1.165) is 4.90 Å². The fourth-order valence-corrected chi connectivity index (χ4v) is 5.42. The summed E-state index contributed by atoms with van der Waals surface area (Å²) in [5.74, 6) is -0.0535. The van der Waals surface area contributed by atoms with Crippen LogP contribution >= 0.6 is 11.8 Å². The molecule has 0 unspecified atom stereocenters. The van der Waals surface area contributed by atoms with Crippen molar-refractivity contribution in [3.63, 3.8) is 0 Å². The highest BCUT2D eigenvalue weighted by atomic mass is 32.2. The van der Waals surface area contributed by atoms with Crippen LogP contribution in [-0.4, -0.2) is 47.9 Å². The normalized spacial score (nSPS) is 12.6. The summed E-state index contributed by atoms with van der Waals surface area (Å²) in [6.45, 7) is 0.330. The van der Waals surface area contributed by atoms with Gasteiger partial charge in [-0.1, -0.05) is 48.5 Å². The minimum atomic E-state index is -0.479. The van der Waals surface area contributed by atoms with Gasteiger partial charge in [0.1, 0.15) is 11.4 Å². The molecular weight excluding hydrogens is 562 g/mol. The summed E-state index contributed by atoms with van der Waals surface area (Å²) in [5.41, 5.74) is 2.67. The van der Waals surface area contributed by atoms with E-state index >= 15 is 0 Å². The van der Waals surface area contributed by atoms with E-state index in [1.807, 2.05) is 24.3 Å². The van der Waals surface area contributed by atoms with Crippen molar-refractivity contribution in [2.45, 2.75) is 11.3 Å². The molecule has 2 N–H and O–H groups in total. The molecule has 0 spiro atoms. The van der Waals surface area contributed by atoms with Crippen molar-refractivity contribution in [1.82, 2.24) is 10.2 Å². The second-order valence-electron chi connectivity index (χ2n) is 9.64. The molecule has 0 bridgehead atoms. The Morgan fingerprint density at radius 3 is 2.19 bits per heavy atom. The Hall–Kier alpha value is -5.15. The molecule has 9 heteroatoms. The number of hydrogen-bond acceptors (Lipinski definition) is 6. The molecule has 216 valence electrons. The van der Waals surface area contributed by atoms with Crippen molar-refractivity contribution in [3.05, 3.63) is 131 Å². The first-order valence-electron chi connectivity index (χ1n) is 13.6. The Morgan fingerprint density at radius 1 is 0.837 bits per heavy atom. The van der Waals surface area contributed by atoms with Crippen molar-refractivity contribution in [2.24, 2.45) is 0 Å². The van der Waals surface area contributed by atoms with E-state index in [2.05, 4.69) is 10.6 Å². The zero-order chi connectivity index (χ0) is 30.2. The highest BCUT2D eigenvalue weighted by Crippen LogP contribution is 2.25. The second kappa shape index (κ2) is 13.7. The van der Waals surface area contributed by atoms with Gasteiger partial charge in [0.15, 0.2) is 0 Å². The van der Waals surface area contributed by atoms with E-state index < -0.39 is 11.8 Å². The minimum Gasteiger partial charge on any atom is -0.497 e. The number of imide groups is 1. The first kappa shape index (κ1) is 29.3. The second-order valence-corrected chi connectivity index (χ2v) is 10.8. The maximum absolute atomic E-state index is 13.4. The average molecular weight is 592 g/mol. The number of anilines is 1. The van der Waals surface area contributed by atoms with E-state index in [-0.39, 0.29) is 17.5 Å². The van der Waals surface area contributed by atoms with Gasteiger partial charge in [0, 0.05) is 22.7 Å². The predicted octanol–water partition coefficient (Wildman–Crippen LogP) is 5.88. The van der Waals surface area contributed by atoms with Crippen molar-refractivity contribution in [1.29, 1.82) is 0 Å². The summed E-state index contributed by atoms with van der Waals surface area (Å²) in [6.07, 6.45) is 2.22. The van der Waals surface area contributed by atoms with Crippen LogP contribution in [0.3, 0.4) is 0 Å². The van der Waals surface area contributed by atoms with Gasteiger partial charge in [0.05, 0.1) is 18.2 Å². The van der Waals surface area contributed by atoms with Crippen LogP contribution in [0.1, 0.15) is 43.1 Å². The minimum absolute atomic E-state index is 0.0815. The van der Waals surface area contributed by atoms with Gasteiger partial charge >= 0.3 is 0 Å². The highest BCUT2D eigenvalue weighted by molar-refractivity contribution is 7.99. The Kier molecular flexibility index (Phi) is 9.33. The number of nitrogens with zero attached hydrogens (tertiary/aromatic N) is 1. The molecular formula is C34H29N3O5S. The number of thioether (sulfide) groups is 1. The van der Waals surface area contributed by atoms with Crippen LogP contribution in [-0.2, 0) is 4.79 Å². The molecule has 0 fully saturated rings. The average Bonchev–Trinajstić information content (AvgIpc) is 3.28. The maximum atomic E-state index is 13.4. The Morgan fingerprint density at radius 2 is 1.51 bits per heavy atom. The quantitative estimate of drug-likeness (QED) is 0.0977. The SMILES string of the molecule is COc1ccc(/C=C(/NC(=O)c2ccccc2)C(=O)Nc2cccc(SCCCN3C(=O)c4ccccc4C3=O)c2)cc1. The zero-order valence-electron chi connectivity index (χ0n) is 23.4. The van der Waals surface area contributed by atoms with E-state index in [0.29, 0.717) is 52.4 Å². The number of fused-ring (bicyclic) bond motifs is 1. The van der Waals surface area contributed by atoms with Crippen molar-refractivity contribution >= 4 is 47.2 Å². The van der Waals surface area contributed by atoms with Gasteiger partial charge < -0.3 is 15.4 Å². The largest absolute Gasteiger partial charge is 0.497 e. The smallest absolute Gasteiger partial charge is 0.272 e. The molecule has 0 aromatic heterocycles. The molecule has 4 aromatic carbocycles. The van der Waals surface area contributed by atoms with Crippen molar-refractivity contribution in [3.8, 4) is 5.75 Å². The molecule has 4 aromatic rings. The summed E-state index contributed by atoms with van der Waals surface area (Å²) in [5, 5.41) is 5.62. The Labute approximate surface area is 253 Å². The molecule has 0 atom stereocenters. The van der Waals surface area contributed by atoms with Gasteiger partial charge in [-0.15, -0.1) is 11.8 Å². The first-order valence-corrected chi connectivity index (χ1v) is 14.6. The van der Waals surface area contributed by atoms with Crippen LogP contribution in [0.15, 0.2) is 114 Å². The number of carbonyl (C=O) groups excluding carboxylic acids is 4. The summed E-state index contributed by atoms with van der Waals surface area (Å²) < 4.78 is 5.21. The molecule has 4 amide bonds. The van der Waals surface area contributed by atoms with E-state index in [9.17, 15) is 19.2 Å². The van der Waals surface area contributed by atoms with Crippen molar-refractivity contribution in [2.75, 3.05) is 24.7 Å². The van der Waals surface area contributed by atoms with Crippen LogP contribution in [0, 0.1) is 0 Å². The van der Waals surface area contributed by atoms with E-state index in [1.165, 1.54) is 4.90 Å². The molecule has 8 nitrogen and oxygen atoms in total. The van der Waals surface area contributed by atoms with E-state index in [1.54, 1.807) is 104 Å². The lowest BCUT2D eigenvalue weighted by Gasteiger charge is -2.14. The lowest BCUT2D eigenvalue weighted by Crippen LogP contribution is -2.31. The third kappa shape index (κ3) is 7.20. The van der Waals surface area contributed by atoms with Crippen molar-refractivity contribution < 1.29 is 23.9 Å². The molecule has 43 heavy (non-hydrogen) atoms.